The third kappa shape index (κ3) is 3.96. The fourth-order valence-electron chi connectivity index (χ4n) is 4.43. The zero-order chi connectivity index (χ0) is 13.8. The monoisotopic (exact) mass is 280 g/mol. The molecule has 0 bridgehead atoms. The van der Waals surface area contributed by atoms with Crippen molar-refractivity contribution < 1.29 is 5.11 Å². The van der Waals surface area contributed by atoms with E-state index in [0.717, 1.165) is 12.3 Å². The summed E-state index contributed by atoms with van der Waals surface area (Å²) >= 11 is 0. The van der Waals surface area contributed by atoms with Crippen LogP contribution in [0.2, 0.25) is 0 Å². The fraction of sp³-hybridized carbons (Fsp3) is 1.00. The predicted octanol–water partition coefficient (Wildman–Crippen LogP) is 2.35. The summed E-state index contributed by atoms with van der Waals surface area (Å²) in [5.41, 5.74) is 0. The number of piperidine rings is 1. The maximum Gasteiger partial charge on any atom is 0.0568 e. The van der Waals surface area contributed by atoms with Crippen LogP contribution < -0.4 is 0 Å². The molecule has 2 saturated heterocycles. The summed E-state index contributed by atoms with van der Waals surface area (Å²) in [6.45, 7) is 7.86. The molecule has 1 aliphatic carbocycles. The number of likely N-dealkylation sites (tertiary alicyclic amines) is 2. The molecule has 0 aromatic carbocycles. The molecule has 20 heavy (non-hydrogen) atoms. The third-order valence-corrected chi connectivity index (χ3v) is 5.86. The van der Waals surface area contributed by atoms with E-state index >= 15 is 0 Å². The lowest BCUT2D eigenvalue weighted by molar-refractivity contribution is 0.106. The molecule has 0 amide bonds. The first-order valence-electron chi connectivity index (χ1n) is 8.94. The molecular weight excluding hydrogens is 248 g/mol. The number of nitrogens with zero attached hydrogens (tertiary/aromatic N) is 2. The van der Waals surface area contributed by atoms with Crippen molar-refractivity contribution in [3.05, 3.63) is 0 Å². The number of hydrogen-bond acceptors (Lipinski definition) is 3. The number of hydrogen-bond donors (Lipinski definition) is 1. The Bertz CT molecular complexity index is 283. The van der Waals surface area contributed by atoms with Crippen LogP contribution in [0, 0.1) is 11.8 Å². The lowest BCUT2D eigenvalue weighted by Crippen LogP contribution is -2.39. The summed E-state index contributed by atoms with van der Waals surface area (Å²) in [7, 11) is 0. The number of aliphatic hydroxyl groups excluding tert-OH is 1. The van der Waals surface area contributed by atoms with Gasteiger partial charge >= 0.3 is 0 Å². The minimum atomic E-state index is 0.00251. The van der Waals surface area contributed by atoms with Crippen LogP contribution in [0.25, 0.3) is 0 Å². The Morgan fingerprint density at radius 1 is 0.800 bits per heavy atom. The second-order valence-electron chi connectivity index (χ2n) is 7.34. The quantitative estimate of drug-likeness (QED) is 0.837. The van der Waals surface area contributed by atoms with Crippen LogP contribution in [0.15, 0.2) is 0 Å². The molecule has 3 heteroatoms. The van der Waals surface area contributed by atoms with Crippen molar-refractivity contribution in [2.45, 2.75) is 57.5 Å². The van der Waals surface area contributed by atoms with E-state index in [2.05, 4.69) is 9.80 Å². The Morgan fingerprint density at radius 3 is 2.20 bits per heavy atom. The van der Waals surface area contributed by atoms with E-state index in [0.29, 0.717) is 5.92 Å². The molecule has 0 aromatic rings. The van der Waals surface area contributed by atoms with E-state index in [1.165, 1.54) is 84.2 Å². The Hall–Kier alpha value is -0.120. The van der Waals surface area contributed by atoms with Gasteiger partial charge in [-0.25, -0.2) is 0 Å². The molecule has 3 fully saturated rings. The van der Waals surface area contributed by atoms with Crippen molar-refractivity contribution in [1.29, 1.82) is 0 Å². The predicted molar refractivity (Wildman–Crippen MR) is 82.8 cm³/mol. The molecule has 0 spiro atoms. The van der Waals surface area contributed by atoms with E-state index in [-0.39, 0.29) is 6.10 Å². The maximum atomic E-state index is 9.90. The SMILES string of the molecule is OC1CCCC1CCN1CCC(CN2CCCC2)CC1. The van der Waals surface area contributed by atoms with Crippen molar-refractivity contribution in [3.8, 4) is 0 Å². The zero-order valence-corrected chi connectivity index (χ0v) is 13.0. The summed E-state index contributed by atoms with van der Waals surface area (Å²) in [5.74, 6) is 1.54. The van der Waals surface area contributed by atoms with Gasteiger partial charge in [-0.2, -0.15) is 0 Å². The second kappa shape index (κ2) is 7.24. The summed E-state index contributed by atoms with van der Waals surface area (Å²) in [4.78, 5) is 5.32. The van der Waals surface area contributed by atoms with Gasteiger partial charge < -0.3 is 14.9 Å². The van der Waals surface area contributed by atoms with Crippen molar-refractivity contribution in [3.63, 3.8) is 0 Å². The molecule has 2 heterocycles. The smallest absolute Gasteiger partial charge is 0.0568 e. The average molecular weight is 280 g/mol. The van der Waals surface area contributed by atoms with Crippen molar-refractivity contribution in [2.24, 2.45) is 11.8 Å². The summed E-state index contributed by atoms with van der Waals surface area (Å²) in [6.07, 6.45) is 10.4. The van der Waals surface area contributed by atoms with Gasteiger partial charge in [-0.1, -0.05) is 6.42 Å². The Balaban J connectivity index is 1.31. The molecule has 0 radical (unpaired) electrons. The van der Waals surface area contributed by atoms with Crippen LogP contribution in [0.4, 0.5) is 0 Å². The van der Waals surface area contributed by atoms with Gasteiger partial charge in [0.15, 0.2) is 0 Å². The van der Waals surface area contributed by atoms with Gasteiger partial charge in [0.1, 0.15) is 0 Å². The number of aliphatic hydroxyl groups is 1. The molecule has 1 saturated carbocycles. The highest BCUT2D eigenvalue weighted by atomic mass is 16.3. The van der Waals surface area contributed by atoms with Crippen molar-refractivity contribution >= 4 is 0 Å². The Kier molecular flexibility index (Phi) is 5.36. The van der Waals surface area contributed by atoms with Gasteiger partial charge in [0.2, 0.25) is 0 Å². The summed E-state index contributed by atoms with van der Waals surface area (Å²) in [5, 5.41) is 9.90. The largest absolute Gasteiger partial charge is 0.393 e. The highest BCUT2D eigenvalue weighted by molar-refractivity contribution is 4.80. The van der Waals surface area contributed by atoms with E-state index in [4.69, 9.17) is 0 Å². The van der Waals surface area contributed by atoms with Gasteiger partial charge in [-0.3, -0.25) is 0 Å². The lowest BCUT2D eigenvalue weighted by atomic mass is 9.95. The normalized spacial score (nSPS) is 34.0. The van der Waals surface area contributed by atoms with Gasteiger partial charge in [-0.05, 0) is 89.5 Å². The van der Waals surface area contributed by atoms with E-state index < -0.39 is 0 Å². The van der Waals surface area contributed by atoms with E-state index in [1.807, 2.05) is 0 Å². The minimum absolute atomic E-state index is 0.00251. The Morgan fingerprint density at radius 2 is 1.55 bits per heavy atom. The maximum absolute atomic E-state index is 9.90. The van der Waals surface area contributed by atoms with Crippen LogP contribution in [0.1, 0.15) is 51.4 Å². The van der Waals surface area contributed by atoms with Gasteiger partial charge in [0.25, 0.3) is 0 Å². The fourth-order valence-corrected chi connectivity index (χ4v) is 4.43. The highest BCUT2D eigenvalue weighted by Gasteiger charge is 2.27. The van der Waals surface area contributed by atoms with Crippen LogP contribution in [0.5, 0.6) is 0 Å². The molecule has 3 nitrogen and oxygen atoms in total. The molecule has 2 aliphatic heterocycles. The van der Waals surface area contributed by atoms with E-state index in [1.54, 1.807) is 0 Å². The first kappa shape index (κ1) is 14.8. The topological polar surface area (TPSA) is 26.7 Å². The summed E-state index contributed by atoms with van der Waals surface area (Å²) in [6, 6.07) is 0. The molecule has 2 atom stereocenters. The van der Waals surface area contributed by atoms with Gasteiger partial charge in [-0.15, -0.1) is 0 Å². The standard InChI is InChI=1S/C17H32N2O/c20-17-5-3-4-16(17)8-13-18-11-6-15(7-12-18)14-19-9-1-2-10-19/h15-17,20H,1-14H2. The highest BCUT2D eigenvalue weighted by Crippen LogP contribution is 2.29. The lowest BCUT2D eigenvalue weighted by Gasteiger charge is -2.34. The van der Waals surface area contributed by atoms with Crippen molar-refractivity contribution in [1.82, 2.24) is 9.80 Å². The molecule has 3 aliphatic rings. The summed E-state index contributed by atoms with van der Waals surface area (Å²) < 4.78 is 0. The second-order valence-corrected chi connectivity index (χ2v) is 7.34. The van der Waals surface area contributed by atoms with Crippen LogP contribution in [0.3, 0.4) is 0 Å². The minimum Gasteiger partial charge on any atom is -0.393 e. The average Bonchev–Trinajstić information content (AvgIpc) is 3.10. The first-order valence-corrected chi connectivity index (χ1v) is 8.94. The van der Waals surface area contributed by atoms with Crippen LogP contribution in [-0.2, 0) is 0 Å². The van der Waals surface area contributed by atoms with Gasteiger partial charge in [0, 0.05) is 6.54 Å². The molecule has 3 rings (SSSR count). The van der Waals surface area contributed by atoms with Gasteiger partial charge in [0.05, 0.1) is 6.10 Å². The van der Waals surface area contributed by atoms with Crippen LogP contribution >= 0.6 is 0 Å². The van der Waals surface area contributed by atoms with Crippen LogP contribution in [-0.4, -0.2) is 60.3 Å². The number of rotatable bonds is 5. The first-order chi connectivity index (χ1) is 9.81. The zero-order valence-electron chi connectivity index (χ0n) is 13.0. The molecule has 116 valence electrons. The van der Waals surface area contributed by atoms with E-state index in [9.17, 15) is 5.11 Å². The third-order valence-electron chi connectivity index (χ3n) is 5.86. The molecule has 1 N–H and O–H groups in total. The Labute approximate surface area is 124 Å². The van der Waals surface area contributed by atoms with Crippen molar-refractivity contribution in [2.75, 3.05) is 39.3 Å². The molecular formula is C17H32N2O. The molecule has 0 aromatic heterocycles. The molecule has 2 unspecified atom stereocenters.